The number of hydrogen-bond donors (Lipinski definition) is 2. The number of benzene rings is 1. The summed E-state index contributed by atoms with van der Waals surface area (Å²) in [7, 11) is 1.63. The van der Waals surface area contributed by atoms with E-state index in [1.165, 1.54) is 6.20 Å². The molecule has 2 rings (SSSR count). The van der Waals surface area contributed by atoms with Gasteiger partial charge in [-0.1, -0.05) is 23.7 Å². The Kier molecular flexibility index (Phi) is 5.68. The Balaban J connectivity index is 2.16. The minimum Gasteiger partial charge on any atom is -0.383 e. The summed E-state index contributed by atoms with van der Waals surface area (Å²) in [4.78, 5) is 19.3. The Morgan fingerprint density at radius 3 is 3.00 bits per heavy atom. The van der Waals surface area contributed by atoms with Crippen molar-refractivity contribution < 1.29 is 9.53 Å². The van der Waals surface area contributed by atoms with E-state index in [0.717, 1.165) is 12.0 Å². The summed E-state index contributed by atoms with van der Waals surface area (Å²) in [6, 6.07) is 7.10. The number of carbonyl (C=O) groups excluding carboxylic acids is 1. The normalized spacial score (nSPS) is 11.8. The molecule has 2 aromatic rings. The van der Waals surface area contributed by atoms with Crippen molar-refractivity contribution in [3.8, 4) is 0 Å². The van der Waals surface area contributed by atoms with E-state index < -0.39 is 0 Å². The third-order valence-electron chi connectivity index (χ3n) is 2.82. The standard InChI is InChI=1S/C15H17ClN4O2/c1-10(9-22-2)18-14-13(16)7-17-15(20-14)19-12-5-3-4-11(6-12)8-21/h3-8,10H,9H2,1-2H3,(H2,17,18,19,20). The molecular weight excluding hydrogens is 304 g/mol. The molecule has 0 radical (unpaired) electrons. The zero-order valence-electron chi connectivity index (χ0n) is 12.3. The van der Waals surface area contributed by atoms with Gasteiger partial charge in [-0.25, -0.2) is 4.98 Å². The lowest BCUT2D eigenvalue weighted by Gasteiger charge is -2.15. The number of nitrogens with one attached hydrogen (secondary N) is 2. The van der Waals surface area contributed by atoms with Crippen LogP contribution in [0.4, 0.5) is 17.5 Å². The topological polar surface area (TPSA) is 76.1 Å². The molecule has 22 heavy (non-hydrogen) atoms. The van der Waals surface area contributed by atoms with Gasteiger partial charge in [0.05, 0.1) is 12.8 Å². The van der Waals surface area contributed by atoms with Gasteiger partial charge in [-0.3, -0.25) is 4.79 Å². The van der Waals surface area contributed by atoms with Crippen LogP contribution in [0.5, 0.6) is 0 Å². The van der Waals surface area contributed by atoms with Crippen LogP contribution < -0.4 is 10.6 Å². The molecule has 0 bridgehead atoms. The van der Waals surface area contributed by atoms with E-state index in [1.807, 2.05) is 13.0 Å². The molecule has 7 heteroatoms. The van der Waals surface area contributed by atoms with Crippen molar-refractivity contribution in [3.63, 3.8) is 0 Å². The maximum Gasteiger partial charge on any atom is 0.229 e. The summed E-state index contributed by atoms with van der Waals surface area (Å²) in [5.74, 6) is 0.912. The number of rotatable bonds is 7. The van der Waals surface area contributed by atoms with Crippen LogP contribution in [0.1, 0.15) is 17.3 Å². The number of anilines is 3. The Bertz CT molecular complexity index is 651. The number of nitrogens with zero attached hydrogens (tertiary/aromatic N) is 2. The zero-order chi connectivity index (χ0) is 15.9. The predicted molar refractivity (Wildman–Crippen MR) is 87.1 cm³/mol. The van der Waals surface area contributed by atoms with Crippen LogP contribution in [-0.4, -0.2) is 36.0 Å². The quantitative estimate of drug-likeness (QED) is 0.763. The lowest BCUT2D eigenvalue weighted by Crippen LogP contribution is -2.22. The molecule has 0 saturated carbocycles. The van der Waals surface area contributed by atoms with Gasteiger partial charge in [-0.05, 0) is 19.1 Å². The van der Waals surface area contributed by atoms with Crippen molar-refractivity contribution in [1.82, 2.24) is 9.97 Å². The maximum atomic E-state index is 10.8. The molecule has 116 valence electrons. The molecule has 1 atom stereocenters. The molecular formula is C15H17ClN4O2. The first-order chi connectivity index (χ1) is 10.6. The summed E-state index contributed by atoms with van der Waals surface area (Å²) in [5, 5.41) is 6.62. The van der Waals surface area contributed by atoms with Crippen LogP contribution in [0.15, 0.2) is 30.5 Å². The van der Waals surface area contributed by atoms with E-state index in [1.54, 1.807) is 25.3 Å². The van der Waals surface area contributed by atoms with Crippen molar-refractivity contribution in [2.75, 3.05) is 24.4 Å². The average Bonchev–Trinajstić information content (AvgIpc) is 2.51. The van der Waals surface area contributed by atoms with Crippen LogP contribution in [0, 0.1) is 0 Å². The summed E-state index contributed by atoms with van der Waals surface area (Å²) < 4.78 is 5.07. The fourth-order valence-corrected chi connectivity index (χ4v) is 2.02. The summed E-state index contributed by atoms with van der Waals surface area (Å²) in [6.45, 7) is 2.49. The molecule has 1 aromatic carbocycles. The lowest BCUT2D eigenvalue weighted by molar-refractivity contribution is 0.112. The summed E-state index contributed by atoms with van der Waals surface area (Å²) in [6.07, 6.45) is 2.30. The van der Waals surface area contributed by atoms with Crippen molar-refractivity contribution in [1.29, 1.82) is 0 Å². The second kappa shape index (κ2) is 7.72. The fraction of sp³-hybridized carbons (Fsp3) is 0.267. The summed E-state index contributed by atoms with van der Waals surface area (Å²) >= 11 is 6.09. The van der Waals surface area contributed by atoms with E-state index in [0.29, 0.717) is 29.0 Å². The molecule has 6 nitrogen and oxygen atoms in total. The first-order valence-electron chi connectivity index (χ1n) is 6.72. The van der Waals surface area contributed by atoms with Crippen LogP contribution in [-0.2, 0) is 4.74 Å². The van der Waals surface area contributed by atoms with Gasteiger partial charge in [0.2, 0.25) is 5.95 Å². The number of carbonyl (C=O) groups is 1. The SMILES string of the molecule is COCC(C)Nc1nc(Nc2cccc(C=O)c2)ncc1Cl. The van der Waals surface area contributed by atoms with Gasteiger partial charge in [-0.2, -0.15) is 4.98 Å². The first-order valence-corrected chi connectivity index (χ1v) is 7.10. The maximum absolute atomic E-state index is 10.8. The Labute approximate surface area is 133 Å². The molecule has 0 amide bonds. The molecule has 0 fully saturated rings. The second-order valence-electron chi connectivity index (χ2n) is 4.76. The zero-order valence-corrected chi connectivity index (χ0v) is 13.1. The predicted octanol–water partition coefficient (Wildman–Crippen LogP) is 3.13. The highest BCUT2D eigenvalue weighted by Gasteiger charge is 2.09. The van der Waals surface area contributed by atoms with Crippen molar-refractivity contribution in [2.24, 2.45) is 0 Å². The van der Waals surface area contributed by atoms with E-state index >= 15 is 0 Å². The number of hydrogen-bond acceptors (Lipinski definition) is 6. The third-order valence-corrected chi connectivity index (χ3v) is 3.10. The Hall–Kier alpha value is -2.18. The van der Waals surface area contributed by atoms with Gasteiger partial charge in [0.25, 0.3) is 0 Å². The van der Waals surface area contributed by atoms with Crippen molar-refractivity contribution in [3.05, 3.63) is 41.0 Å². The van der Waals surface area contributed by atoms with Gasteiger partial charge in [0, 0.05) is 24.4 Å². The van der Waals surface area contributed by atoms with E-state index in [4.69, 9.17) is 16.3 Å². The van der Waals surface area contributed by atoms with Crippen LogP contribution in [0.25, 0.3) is 0 Å². The molecule has 0 spiro atoms. The van der Waals surface area contributed by atoms with E-state index in [-0.39, 0.29) is 6.04 Å². The highest BCUT2D eigenvalue weighted by Crippen LogP contribution is 2.22. The van der Waals surface area contributed by atoms with Gasteiger partial charge in [-0.15, -0.1) is 0 Å². The number of halogens is 1. The number of ether oxygens (including phenoxy) is 1. The van der Waals surface area contributed by atoms with E-state index in [2.05, 4.69) is 20.6 Å². The highest BCUT2D eigenvalue weighted by molar-refractivity contribution is 6.32. The largest absolute Gasteiger partial charge is 0.383 e. The lowest BCUT2D eigenvalue weighted by atomic mass is 10.2. The van der Waals surface area contributed by atoms with Gasteiger partial charge in [0.15, 0.2) is 5.82 Å². The minimum atomic E-state index is 0.0589. The van der Waals surface area contributed by atoms with Crippen LogP contribution in [0.2, 0.25) is 5.02 Å². The molecule has 1 unspecified atom stereocenters. The molecule has 0 aliphatic heterocycles. The molecule has 0 aliphatic carbocycles. The average molecular weight is 321 g/mol. The molecule has 2 N–H and O–H groups in total. The second-order valence-corrected chi connectivity index (χ2v) is 5.17. The third kappa shape index (κ3) is 4.41. The fourth-order valence-electron chi connectivity index (χ4n) is 1.87. The highest BCUT2D eigenvalue weighted by atomic mass is 35.5. The first kappa shape index (κ1) is 16.2. The van der Waals surface area contributed by atoms with Crippen molar-refractivity contribution >= 4 is 35.3 Å². The van der Waals surface area contributed by atoms with Gasteiger partial charge in [0.1, 0.15) is 11.3 Å². The Morgan fingerprint density at radius 1 is 1.45 bits per heavy atom. The number of methoxy groups -OCH3 is 1. The monoisotopic (exact) mass is 320 g/mol. The smallest absolute Gasteiger partial charge is 0.229 e. The van der Waals surface area contributed by atoms with Gasteiger partial charge >= 0.3 is 0 Å². The van der Waals surface area contributed by atoms with Crippen LogP contribution in [0.3, 0.4) is 0 Å². The minimum absolute atomic E-state index is 0.0589. The molecule has 1 heterocycles. The summed E-state index contributed by atoms with van der Waals surface area (Å²) in [5.41, 5.74) is 1.30. The van der Waals surface area contributed by atoms with Crippen molar-refractivity contribution in [2.45, 2.75) is 13.0 Å². The number of aldehydes is 1. The molecule has 0 saturated heterocycles. The van der Waals surface area contributed by atoms with E-state index in [9.17, 15) is 4.79 Å². The number of aromatic nitrogens is 2. The van der Waals surface area contributed by atoms with Crippen LogP contribution >= 0.6 is 11.6 Å². The molecule has 0 aliphatic rings. The Morgan fingerprint density at radius 2 is 2.27 bits per heavy atom. The molecule has 1 aromatic heterocycles. The van der Waals surface area contributed by atoms with Gasteiger partial charge < -0.3 is 15.4 Å².